The van der Waals surface area contributed by atoms with E-state index in [1.807, 2.05) is 0 Å². The predicted molar refractivity (Wildman–Crippen MR) is 63.5 cm³/mol. The molecule has 1 N–H and O–H groups in total. The molecule has 0 bridgehead atoms. The Morgan fingerprint density at radius 2 is 1.88 bits per heavy atom. The minimum absolute atomic E-state index is 0.228. The van der Waals surface area contributed by atoms with Gasteiger partial charge in [-0.05, 0) is 6.07 Å². The van der Waals surface area contributed by atoms with Crippen molar-refractivity contribution < 1.29 is 12.8 Å². The van der Waals surface area contributed by atoms with Gasteiger partial charge >= 0.3 is 0 Å². The average Bonchev–Trinajstić information content (AvgIpc) is 2.33. The molecule has 6 heteroatoms. The predicted octanol–water partition coefficient (Wildman–Crippen LogP) is 0.561. The van der Waals surface area contributed by atoms with Crippen LogP contribution < -0.4 is 5.32 Å². The molecule has 94 valence electrons. The van der Waals surface area contributed by atoms with Crippen LogP contribution in [0.3, 0.4) is 0 Å². The van der Waals surface area contributed by atoms with Gasteiger partial charge in [0, 0.05) is 31.7 Å². The molecule has 0 aliphatic carbocycles. The number of hydrogen-bond donors (Lipinski definition) is 1. The maximum Gasteiger partial charge on any atom is 0.218 e. The normalized spacial score (nSPS) is 18.2. The summed E-state index contributed by atoms with van der Waals surface area (Å²) in [7, 11) is -3.41. The van der Waals surface area contributed by atoms with Gasteiger partial charge in [0.1, 0.15) is 5.82 Å². The van der Waals surface area contributed by atoms with E-state index in [1.165, 1.54) is 16.4 Å². The highest BCUT2D eigenvalue weighted by Gasteiger charge is 2.24. The van der Waals surface area contributed by atoms with Gasteiger partial charge in [0.15, 0.2) is 0 Å². The fourth-order valence-corrected chi connectivity index (χ4v) is 3.37. The lowest BCUT2D eigenvalue weighted by molar-refractivity contribution is 0.359. The van der Waals surface area contributed by atoms with E-state index in [9.17, 15) is 12.8 Å². The van der Waals surface area contributed by atoms with Gasteiger partial charge in [-0.15, -0.1) is 0 Å². The van der Waals surface area contributed by atoms with Gasteiger partial charge in [-0.1, -0.05) is 18.2 Å². The second-order valence-electron chi connectivity index (χ2n) is 4.00. The standard InChI is InChI=1S/C11H15FN2O2S/c12-11-4-2-1-3-10(11)9-17(15,16)14-7-5-13-6-8-14/h1-4,13H,5-9H2. The van der Waals surface area contributed by atoms with Crippen molar-refractivity contribution in [1.82, 2.24) is 9.62 Å². The highest BCUT2D eigenvalue weighted by molar-refractivity contribution is 7.88. The van der Waals surface area contributed by atoms with E-state index in [0.717, 1.165) is 0 Å². The van der Waals surface area contributed by atoms with Crippen molar-refractivity contribution >= 4 is 10.0 Å². The molecule has 0 atom stereocenters. The van der Waals surface area contributed by atoms with E-state index in [2.05, 4.69) is 5.32 Å². The van der Waals surface area contributed by atoms with Crippen LogP contribution in [-0.4, -0.2) is 38.9 Å². The average molecular weight is 258 g/mol. The molecule has 1 heterocycles. The first-order chi connectivity index (χ1) is 8.09. The molecule has 0 spiro atoms. The van der Waals surface area contributed by atoms with E-state index < -0.39 is 15.8 Å². The number of piperazine rings is 1. The Hall–Kier alpha value is -0.980. The van der Waals surface area contributed by atoms with Gasteiger partial charge in [-0.3, -0.25) is 0 Å². The summed E-state index contributed by atoms with van der Waals surface area (Å²) in [5.41, 5.74) is 0.228. The number of rotatable bonds is 3. The SMILES string of the molecule is O=S(=O)(Cc1ccccc1F)N1CCNCC1. The molecular weight excluding hydrogens is 243 g/mol. The van der Waals surface area contributed by atoms with Crippen LogP contribution in [0, 0.1) is 5.82 Å². The summed E-state index contributed by atoms with van der Waals surface area (Å²) in [6, 6.07) is 5.99. The number of halogens is 1. The summed E-state index contributed by atoms with van der Waals surface area (Å²) in [6.45, 7) is 2.21. The van der Waals surface area contributed by atoms with Gasteiger partial charge in [0.05, 0.1) is 5.75 Å². The Kier molecular flexibility index (Phi) is 3.76. The van der Waals surface area contributed by atoms with Crippen LogP contribution in [0.2, 0.25) is 0 Å². The van der Waals surface area contributed by atoms with E-state index in [-0.39, 0.29) is 11.3 Å². The number of nitrogens with one attached hydrogen (secondary N) is 1. The molecular formula is C11H15FN2O2S. The quantitative estimate of drug-likeness (QED) is 0.862. The van der Waals surface area contributed by atoms with Gasteiger partial charge in [-0.2, -0.15) is 4.31 Å². The first-order valence-corrected chi connectivity index (χ1v) is 7.12. The van der Waals surface area contributed by atoms with Crippen molar-refractivity contribution in [3.05, 3.63) is 35.6 Å². The summed E-state index contributed by atoms with van der Waals surface area (Å²) in [6.07, 6.45) is 0. The summed E-state index contributed by atoms with van der Waals surface area (Å²) < 4.78 is 38.9. The fraction of sp³-hybridized carbons (Fsp3) is 0.455. The van der Waals surface area contributed by atoms with Gasteiger partial charge in [0.2, 0.25) is 10.0 Å². The summed E-state index contributed by atoms with van der Waals surface area (Å²) >= 11 is 0. The van der Waals surface area contributed by atoms with E-state index >= 15 is 0 Å². The smallest absolute Gasteiger partial charge is 0.218 e. The van der Waals surface area contributed by atoms with Crippen LogP contribution in [0.1, 0.15) is 5.56 Å². The third-order valence-corrected chi connectivity index (χ3v) is 4.59. The van der Waals surface area contributed by atoms with Gasteiger partial charge in [-0.25, -0.2) is 12.8 Å². The van der Waals surface area contributed by atoms with Crippen molar-refractivity contribution in [1.29, 1.82) is 0 Å². The molecule has 0 aromatic heterocycles. The molecule has 1 aliphatic heterocycles. The number of benzene rings is 1. The molecule has 1 fully saturated rings. The van der Waals surface area contributed by atoms with Crippen LogP contribution >= 0.6 is 0 Å². The highest BCUT2D eigenvalue weighted by atomic mass is 32.2. The van der Waals surface area contributed by atoms with Crippen molar-refractivity contribution in [2.45, 2.75) is 5.75 Å². The molecule has 2 rings (SSSR count). The molecule has 1 saturated heterocycles. The van der Waals surface area contributed by atoms with Crippen LogP contribution in [0.15, 0.2) is 24.3 Å². The summed E-state index contributed by atoms with van der Waals surface area (Å²) in [5.74, 6) is -0.731. The largest absolute Gasteiger partial charge is 0.314 e. The molecule has 0 unspecified atom stereocenters. The zero-order valence-corrected chi connectivity index (χ0v) is 10.2. The van der Waals surface area contributed by atoms with E-state index in [4.69, 9.17) is 0 Å². The topological polar surface area (TPSA) is 49.4 Å². The molecule has 17 heavy (non-hydrogen) atoms. The summed E-state index contributed by atoms with van der Waals surface area (Å²) in [4.78, 5) is 0. The fourth-order valence-electron chi connectivity index (χ4n) is 1.83. The van der Waals surface area contributed by atoms with Crippen LogP contribution in [0.25, 0.3) is 0 Å². The molecule has 1 aromatic carbocycles. The Labute approximate surface area is 100 Å². The lowest BCUT2D eigenvalue weighted by Crippen LogP contribution is -2.46. The molecule has 4 nitrogen and oxygen atoms in total. The maximum atomic E-state index is 13.4. The lowest BCUT2D eigenvalue weighted by Gasteiger charge is -2.26. The molecule has 1 aliphatic rings. The number of sulfonamides is 1. The third-order valence-electron chi connectivity index (χ3n) is 2.77. The lowest BCUT2D eigenvalue weighted by atomic mass is 10.2. The molecule has 0 amide bonds. The maximum absolute atomic E-state index is 13.4. The third kappa shape index (κ3) is 3.02. The molecule has 0 saturated carbocycles. The Morgan fingerprint density at radius 1 is 1.24 bits per heavy atom. The number of nitrogens with zero attached hydrogens (tertiary/aromatic N) is 1. The van der Waals surface area contributed by atoms with Gasteiger partial charge < -0.3 is 5.32 Å². The second kappa shape index (κ2) is 5.12. The minimum Gasteiger partial charge on any atom is -0.314 e. The van der Waals surface area contributed by atoms with Crippen molar-refractivity contribution in [2.24, 2.45) is 0 Å². The second-order valence-corrected chi connectivity index (χ2v) is 5.97. The molecule has 1 aromatic rings. The summed E-state index contributed by atoms with van der Waals surface area (Å²) in [5, 5.41) is 3.08. The highest BCUT2D eigenvalue weighted by Crippen LogP contribution is 2.14. The van der Waals surface area contributed by atoms with E-state index in [1.54, 1.807) is 12.1 Å². The zero-order valence-electron chi connectivity index (χ0n) is 9.39. The first kappa shape index (κ1) is 12.5. The van der Waals surface area contributed by atoms with Crippen molar-refractivity contribution in [3.8, 4) is 0 Å². The van der Waals surface area contributed by atoms with Crippen molar-refractivity contribution in [3.63, 3.8) is 0 Å². The Balaban J connectivity index is 2.14. The minimum atomic E-state index is -3.41. The van der Waals surface area contributed by atoms with Crippen LogP contribution in [0.4, 0.5) is 4.39 Å². The monoisotopic (exact) mass is 258 g/mol. The zero-order chi connectivity index (χ0) is 12.3. The van der Waals surface area contributed by atoms with Gasteiger partial charge in [0.25, 0.3) is 0 Å². The van der Waals surface area contributed by atoms with Crippen LogP contribution in [-0.2, 0) is 15.8 Å². The van der Waals surface area contributed by atoms with Crippen LogP contribution in [0.5, 0.6) is 0 Å². The number of hydrogen-bond acceptors (Lipinski definition) is 3. The first-order valence-electron chi connectivity index (χ1n) is 5.51. The Morgan fingerprint density at radius 3 is 2.53 bits per heavy atom. The molecule has 0 radical (unpaired) electrons. The van der Waals surface area contributed by atoms with E-state index in [0.29, 0.717) is 26.2 Å². The Bertz CT molecular complexity index is 484. The van der Waals surface area contributed by atoms with Crippen molar-refractivity contribution in [2.75, 3.05) is 26.2 Å².